The Morgan fingerprint density at radius 3 is 2.21 bits per heavy atom. The van der Waals surface area contributed by atoms with Gasteiger partial charge in [-0.3, -0.25) is 4.79 Å². The molecule has 24 heavy (non-hydrogen) atoms. The Bertz CT molecular complexity index is 488. The minimum absolute atomic E-state index is 0.294. The number of ketones is 1. The lowest BCUT2D eigenvalue weighted by Crippen LogP contribution is -2.46. The topological polar surface area (TPSA) is 26.3 Å². The fraction of sp³-hybridized carbons (Fsp3) is 0.650. The maximum absolute atomic E-state index is 11.4. The quantitative estimate of drug-likeness (QED) is 0.267. The zero-order valence-corrected chi connectivity index (χ0v) is 17.5. The number of benzene rings is 1. The Labute approximate surface area is 163 Å². The predicted octanol–water partition coefficient (Wildman–Crippen LogP) is 6.40. The van der Waals surface area contributed by atoms with Crippen LogP contribution in [-0.2, 0) is 16.1 Å². The van der Waals surface area contributed by atoms with Crippen LogP contribution in [0.25, 0.3) is 0 Å². The molecule has 0 spiro atoms. The first-order valence-electron chi connectivity index (χ1n) is 9.13. The number of carbonyl (C=O) groups is 1. The molecule has 2 rings (SSSR count). The van der Waals surface area contributed by atoms with Gasteiger partial charge in [-0.1, -0.05) is 101 Å². The maximum Gasteiger partial charge on any atom is 0.160 e. The second kappa shape index (κ2) is 10.7. The molecule has 0 amide bonds. The zero-order chi connectivity index (χ0) is 17.3. The third-order valence-electron chi connectivity index (χ3n) is 4.77. The molecule has 1 aliphatic rings. The molecule has 1 aliphatic carbocycles. The molecule has 4 heteroatoms. The highest BCUT2D eigenvalue weighted by atomic mass is 79.9. The SMILES string of the molecule is O=C1CC(CCCCCCCCCOCc2ccccc2)C1(Br)Br. The van der Waals surface area contributed by atoms with Gasteiger partial charge in [0.1, 0.15) is 3.23 Å². The number of Topliss-reactive ketones (excluding diaryl/α,β-unsaturated/α-hetero) is 1. The van der Waals surface area contributed by atoms with Crippen LogP contribution in [-0.4, -0.2) is 15.6 Å². The summed E-state index contributed by atoms with van der Waals surface area (Å²) < 4.78 is 5.30. The van der Waals surface area contributed by atoms with Crippen LogP contribution in [0.1, 0.15) is 63.4 Å². The van der Waals surface area contributed by atoms with Gasteiger partial charge in [-0.05, 0) is 24.3 Å². The summed E-state index contributed by atoms with van der Waals surface area (Å²) in [6, 6.07) is 10.4. The van der Waals surface area contributed by atoms with Gasteiger partial charge in [0.25, 0.3) is 0 Å². The molecule has 1 unspecified atom stereocenters. The first-order chi connectivity index (χ1) is 11.6. The highest BCUT2D eigenvalue weighted by molar-refractivity contribution is 9.26. The number of hydrogen-bond donors (Lipinski definition) is 0. The van der Waals surface area contributed by atoms with E-state index in [0.29, 0.717) is 11.7 Å². The standard InChI is InChI=1S/C20H28Br2O2/c21-20(22)18(15-19(20)23)13-9-4-2-1-3-5-10-14-24-16-17-11-7-6-8-12-17/h6-8,11-12,18H,1-5,9-10,13-16H2. The van der Waals surface area contributed by atoms with Crippen LogP contribution in [0.4, 0.5) is 0 Å². The van der Waals surface area contributed by atoms with E-state index in [-0.39, 0.29) is 0 Å². The Balaban J connectivity index is 1.34. The summed E-state index contributed by atoms with van der Waals surface area (Å²) in [4.78, 5) is 11.4. The molecule has 0 aromatic heterocycles. The molecular weight excluding hydrogens is 432 g/mol. The molecule has 0 saturated heterocycles. The molecule has 134 valence electrons. The van der Waals surface area contributed by atoms with Gasteiger partial charge in [0.2, 0.25) is 0 Å². The third-order valence-corrected chi connectivity index (χ3v) is 6.95. The monoisotopic (exact) mass is 458 g/mol. The second-order valence-corrected chi connectivity index (χ2v) is 10.3. The summed E-state index contributed by atoms with van der Waals surface area (Å²) in [6.45, 7) is 1.59. The lowest BCUT2D eigenvalue weighted by molar-refractivity contribution is -0.127. The van der Waals surface area contributed by atoms with Crippen LogP contribution in [0.2, 0.25) is 0 Å². The Hall–Kier alpha value is -0.190. The van der Waals surface area contributed by atoms with Crippen molar-refractivity contribution in [2.75, 3.05) is 6.61 Å². The van der Waals surface area contributed by atoms with Crippen molar-refractivity contribution in [1.29, 1.82) is 0 Å². The van der Waals surface area contributed by atoms with E-state index in [1.54, 1.807) is 0 Å². The van der Waals surface area contributed by atoms with Crippen LogP contribution < -0.4 is 0 Å². The van der Waals surface area contributed by atoms with Crippen LogP contribution >= 0.6 is 31.9 Å². The van der Waals surface area contributed by atoms with E-state index in [4.69, 9.17) is 4.74 Å². The minimum atomic E-state index is -0.403. The molecular formula is C20H28Br2O2. The smallest absolute Gasteiger partial charge is 0.160 e. The highest BCUT2D eigenvalue weighted by Gasteiger charge is 2.50. The van der Waals surface area contributed by atoms with Crippen LogP contribution in [0.3, 0.4) is 0 Å². The van der Waals surface area contributed by atoms with Crippen molar-refractivity contribution < 1.29 is 9.53 Å². The van der Waals surface area contributed by atoms with Crippen molar-refractivity contribution in [3.63, 3.8) is 0 Å². The molecule has 2 nitrogen and oxygen atoms in total. The van der Waals surface area contributed by atoms with Crippen LogP contribution in [0.15, 0.2) is 30.3 Å². The average Bonchev–Trinajstić information content (AvgIpc) is 2.59. The summed E-state index contributed by atoms with van der Waals surface area (Å²) in [6.07, 6.45) is 10.7. The van der Waals surface area contributed by atoms with Crippen LogP contribution in [0, 0.1) is 5.92 Å². The van der Waals surface area contributed by atoms with Gasteiger partial charge in [-0.15, -0.1) is 0 Å². The van der Waals surface area contributed by atoms with Crippen molar-refractivity contribution in [3.8, 4) is 0 Å². The van der Waals surface area contributed by atoms with E-state index in [2.05, 4.69) is 56.1 Å². The van der Waals surface area contributed by atoms with E-state index < -0.39 is 3.23 Å². The summed E-state index contributed by atoms with van der Waals surface area (Å²) in [5, 5.41) is 0. The van der Waals surface area contributed by atoms with Gasteiger partial charge in [0, 0.05) is 13.0 Å². The molecule has 0 bridgehead atoms. The molecule has 0 heterocycles. The number of ether oxygens (including phenoxy) is 1. The van der Waals surface area contributed by atoms with Gasteiger partial charge in [0.05, 0.1) is 6.61 Å². The average molecular weight is 460 g/mol. The molecule has 1 fully saturated rings. The van der Waals surface area contributed by atoms with E-state index in [0.717, 1.165) is 32.5 Å². The molecule has 1 atom stereocenters. The maximum atomic E-state index is 11.4. The lowest BCUT2D eigenvalue weighted by Gasteiger charge is -2.38. The summed E-state index contributed by atoms with van der Waals surface area (Å²) in [5.41, 5.74) is 1.25. The fourth-order valence-corrected chi connectivity index (χ4v) is 4.22. The predicted molar refractivity (Wildman–Crippen MR) is 107 cm³/mol. The van der Waals surface area contributed by atoms with Crippen LogP contribution in [0.5, 0.6) is 0 Å². The fourth-order valence-electron chi connectivity index (χ4n) is 3.11. The van der Waals surface area contributed by atoms with Gasteiger partial charge >= 0.3 is 0 Å². The third kappa shape index (κ3) is 6.61. The van der Waals surface area contributed by atoms with E-state index in [9.17, 15) is 4.79 Å². The Kier molecular flexibility index (Phi) is 8.99. The number of unbranched alkanes of at least 4 members (excludes halogenated alkanes) is 6. The summed E-state index contributed by atoms with van der Waals surface area (Å²) in [7, 11) is 0. The van der Waals surface area contributed by atoms with Gasteiger partial charge < -0.3 is 4.74 Å². The summed E-state index contributed by atoms with van der Waals surface area (Å²) in [5.74, 6) is 0.772. The van der Waals surface area contributed by atoms with Gasteiger partial charge in [0.15, 0.2) is 5.78 Å². The highest BCUT2D eigenvalue weighted by Crippen LogP contribution is 2.49. The molecule has 1 saturated carbocycles. The molecule has 0 aliphatic heterocycles. The van der Waals surface area contributed by atoms with Crippen molar-refractivity contribution in [2.24, 2.45) is 5.92 Å². The first kappa shape index (κ1) is 20.1. The Morgan fingerprint density at radius 1 is 0.958 bits per heavy atom. The van der Waals surface area contributed by atoms with E-state index in [1.807, 2.05) is 6.07 Å². The molecule has 0 radical (unpaired) electrons. The zero-order valence-electron chi connectivity index (χ0n) is 14.3. The van der Waals surface area contributed by atoms with Crippen molar-refractivity contribution in [3.05, 3.63) is 35.9 Å². The molecule has 1 aromatic carbocycles. The number of halogens is 2. The normalized spacial score (nSPS) is 19.2. The summed E-state index contributed by atoms with van der Waals surface area (Å²) >= 11 is 6.98. The number of alkyl halides is 2. The van der Waals surface area contributed by atoms with Crippen molar-refractivity contribution in [2.45, 2.75) is 67.6 Å². The molecule has 1 aromatic rings. The second-order valence-electron chi connectivity index (χ2n) is 6.75. The molecule has 0 N–H and O–H groups in total. The van der Waals surface area contributed by atoms with Crippen molar-refractivity contribution in [1.82, 2.24) is 0 Å². The lowest BCUT2D eigenvalue weighted by atomic mass is 9.80. The minimum Gasteiger partial charge on any atom is -0.377 e. The van der Waals surface area contributed by atoms with Crippen molar-refractivity contribution >= 4 is 37.6 Å². The van der Waals surface area contributed by atoms with Gasteiger partial charge in [-0.2, -0.15) is 0 Å². The van der Waals surface area contributed by atoms with E-state index in [1.165, 1.54) is 44.1 Å². The van der Waals surface area contributed by atoms with E-state index >= 15 is 0 Å². The van der Waals surface area contributed by atoms with Gasteiger partial charge in [-0.25, -0.2) is 0 Å². The Morgan fingerprint density at radius 2 is 1.58 bits per heavy atom. The first-order valence-corrected chi connectivity index (χ1v) is 10.7. The number of carbonyl (C=O) groups excluding carboxylic acids is 1. The number of rotatable bonds is 12. The largest absolute Gasteiger partial charge is 0.377 e. The number of hydrogen-bond acceptors (Lipinski definition) is 2.